The van der Waals surface area contributed by atoms with Gasteiger partial charge in [-0.05, 0) is 53.6 Å². The monoisotopic (exact) mass is 378 g/mol. The molecule has 4 rings (SSSR count). The predicted octanol–water partition coefficient (Wildman–Crippen LogP) is 5.39. The molecule has 136 valence electrons. The lowest BCUT2D eigenvalue weighted by atomic mass is 9.99. The molecule has 0 radical (unpaired) electrons. The third-order valence-corrected chi connectivity index (χ3v) is 4.63. The van der Waals surface area contributed by atoms with Crippen LogP contribution in [0.3, 0.4) is 0 Å². The Hall–Kier alpha value is -3.11. The fourth-order valence-corrected chi connectivity index (χ4v) is 3.24. The fourth-order valence-electron chi connectivity index (χ4n) is 3.01. The lowest BCUT2D eigenvalue weighted by molar-refractivity contribution is -0.115. The van der Waals surface area contributed by atoms with E-state index in [0.717, 1.165) is 28.1 Å². The van der Waals surface area contributed by atoms with Crippen molar-refractivity contribution >= 4 is 34.8 Å². The van der Waals surface area contributed by atoms with Gasteiger partial charge in [0.25, 0.3) is 5.91 Å². The number of para-hydroxylation sites is 1. The quantitative estimate of drug-likeness (QED) is 0.641. The molecule has 0 aliphatic carbocycles. The van der Waals surface area contributed by atoms with Crippen LogP contribution in [0.4, 0.5) is 11.4 Å². The number of hydrogen-bond acceptors (Lipinski definition) is 2. The number of rotatable bonds is 3. The van der Waals surface area contributed by atoms with Gasteiger partial charge < -0.3 is 10.6 Å². The molecule has 4 nitrogen and oxygen atoms in total. The standard InChI is InChI=1S/C21H15ClN2O2.CH4/c22-18-8-6-14(21(26)23-16-4-2-1-3-5-16)11-17(18)13-7-9-19-15(10-13)12-20(25)24-19;/h1-11H,12H2,(H,23,26)(H,24,25);1H4. The van der Waals surface area contributed by atoms with E-state index >= 15 is 0 Å². The van der Waals surface area contributed by atoms with Gasteiger partial charge in [-0.2, -0.15) is 0 Å². The van der Waals surface area contributed by atoms with E-state index in [-0.39, 0.29) is 19.2 Å². The summed E-state index contributed by atoms with van der Waals surface area (Å²) in [7, 11) is 0. The van der Waals surface area contributed by atoms with Gasteiger partial charge in [0.05, 0.1) is 6.42 Å². The van der Waals surface area contributed by atoms with Crippen LogP contribution in [-0.2, 0) is 11.2 Å². The maximum atomic E-state index is 12.5. The van der Waals surface area contributed by atoms with Gasteiger partial charge in [-0.15, -0.1) is 0 Å². The third kappa shape index (κ3) is 3.86. The summed E-state index contributed by atoms with van der Waals surface area (Å²) in [6.45, 7) is 0. The summed E-state index contributed by atoms with van der Waals surface area (Å²) in [4.78, 5) is 24.1. The SMILES string of the molecule is C.O=C1Cc2cc(-c3cc(C(=O)Nc4ccccc4)ccc3Cl)ccc2N1. The number of hydrogen-bond donors (Lipinski definition) is 2. The van der Waals surface area contributed by atoms with E-state index in [4.69, 9.17) is 11.6 Å². The summed E-state index contributed by atoms with van der Waals surface area (Å²) < 4.78 is 0. The molecule has 5 heteroatoms. The molecule has 0 bridgehead atoms. The number of nitrogens with one attached hydrogen (secondary N) is 2. The van der Waals surface area contributed by atoms with Crippen molar-refractivity contribution in [2.75, 3.05) is 10.6 Å². The molecule has 0 aromatic heterocycles. The fraction of sp³-hybridized carbons (Fsp3) is 0.0909. The maximum absolute atomic E-state index is 12.5. The second kappa shape index (κ2) is 7.64. The average molecular weight is 379 g/mol. The molecule has 1 aliphatic heterocycles. The minimum Gasteiger partial charge on any atom is -0.326 e. The van der Waals surface area contributed by atoms with Gasteiger partial charge in [-0.1, -0.05) is 43.3 Å². The third-order valence-electron chi connectivity index (χ3n) is 4.30. The van der Waals surface area contributed by atoms with Crippen LogP contribution in [0.15, 0.2) is 66.7 Å². The zero-order valence-electron chi connectivity index (χ0n) is 13.8. The number of benzene rings is 3. The number of carbonyl (C=O) groups is 2. The van der Waals surface area contributed by atoms with Crippen molar-refractivity contribution in [2.24, 2.45) is 0 Å². The molecular formula is C22H19ClN2O2. The molecule has 3 aromatic rings. The Kier molecular flexibility index (Phi) is 5.28. The summed E-state index contributed by atoms with van der Waals surface area (Å²) in [5.74, 6) is -0.216. The van der Waals surface area contributed by atoms with Crippen LogP contribution < -0.4 is 10.6 Å². The molecular weight excluding hydrogens is 360 g/mol. The molecule has 2 amide bonds. The highest BCUT2D eigenvalue weighted by atomic mass is 35.5. The van der Waals surface area contributed by atoms with Crippen molar-refractivity contribution in [3.8, 4) is 11.1 Å². The number of carbonyl (C=O) groups excluding carboxylic acids is 2. The number of halogens is 1. The highest BCUT2D eigenvalue weighted by Crippen LogP contribution is 2.33. The minimum absolute atomic E-state index is 0. The van der Waals surface area contributed by atoms with Crippen LogP contribution in [0.2, 0.25) is 5.02 Å². The molecule has 1 aliphatic rings. The van der Waals surface area contributed by atoms with E-state index in [1.807, 2.05) is 48.5 Å². The van der Waals surface area contributed by atoms with Crippen molar-refractivity contribution in [3.05, 3.63) is 82.9 Å². The normalized spacial score (nSPS) is 12.0. The van der Waals surface area contributed by atoms with Gasteiger partial charge in [-0.3, -0.25) is 9.59 Å². The predicted molar refractivity (Wildman–Crippen MR) is 110 cm³/mol. The number of amides is 2. The second-order valence-corrected chi connectivity index (χ2v) is 6.52. The number of fused-ring (bicyclic) bond motifs is 1. The van der Waals surface area contributed by atoms with E-state index in [1.165, 1.54) is 0 Å². The first-order valence-corrected chi connectivity index (χ1v) is 8.57. The Morgan fingerprint density at radius 1 is 1.00 bits per heavy atom. The number of anilines is 2. The van der Waals surface area contributed by atoms with Gasteiger partial charge >= 0.3 is 0 Å². The van der Waals surface area contributed by atoms with Gasteiger partial charge in [0, 0.05) is 27.5 Å². The summed E-state index contributed by atoms with van der Waals surface area (Å²) >= 11 is 6.36. The maximum Gasteiger partial charge on any atom is 0.255 e. The smallest absolute Gasteiger partial charge is 0.255 e. The Bertz CT molecular complexity index is 1020. The first-order chi connectivity index (χ1) is 12.6. The van der Waals surface area contributed by atoms with Crippen LogP contribution >= 0.6 is 11.6 Å². The van der Waals surface area contributed by atoms with Crippen LogP contribution in [0, 0.1) is 0 Å². The van der Waals surface area contributed by atoms with Crippen LogP contribution in [-0.4, -0.2) is 11.8 Å². The van der Waals surface area contributed by atoms with E-state index in [0.29, 0.717) is 17.0 Å². The Morgan fingerprint density at radius 2 is 1.78 bits per heavy atom. The van der Waals surface area contributed by atoms with Gasteiger partial charge in [0.15, 0.2) is 0 Å². The summed E-state index contributed by atoms with van der Waals surface area (Å²) in [5, 5.41) is 6.23. The molecule has 1 heterocycles. The average Bonchev–Trinajstić information content (AvgIpc) is 3.02. The van der Waals surface area contributed by atoms with Crippen LogP contribution in [0.1, 0.15) is 23.3 Å². The van der Waals surface area contributed by atoms with Gasteiger partial charge in [-0.25, -0.2) is 0 Å². The van der Waals surface area contributed by atoms with Crippen LogP contribution in [0.25, 0.3) is 11.1 Å². The largest absolute Gasteiger partial charge is 0.326 e. The molecule has 27 heavy (non-hydrogen) atoms. The van der Waals surface area contributed by atoms with E-state index < -0.39 is 0 Å². The molecule has 3 aromatic carbocycles. The van der Waals surface area contributed by atoms with E-state index in [1.54, 1.807) is 18.2 Å². The van der Waals surface area contributed by atoms with Gasteiger partial charge in [0.1, 0.15) is 0 Å². The highest BCUT2D eigenvalue weighted by Gasteiger charge is 2.19. The first-order valence-electron chi connectivity index (χ1n) is 8.19. The molecule has 0 spiro atoms. The first kappa shape index (κ1) is 18.7. The van der Waals surface area contributed by atoms with Crippen molar-refractivity contribution in [1.82, 2.24) is 0 Å². The summed E-state index contributed by atoms with van der Waals surface area (Å²) in [5.41, 5.74) is 4.64. The zero-order valence-corrected chi connectivity index (χ0v) is 14.5. The lowest BCUT2D eigenvalue weighted by Gasteiger charge is -2.10. The Labute approximate surface area is 163 Å². The van der Waals surface area contributed by atoms with Crippen molar-refractivity contribution in [1.29, 1.82) is 0 Å². The molecule has 0 atom stereocenters. The van der Waals surface area contributed by atoms with Gasteiger partial charge in [0.2, 0.25) is 5.91 Å². The Balaban J connectivity index is 0.00000210. The van der Waals surface area contributed by atoms with E-state index in [9.17, 15) is 9.59 Å². The second-order valence-electron chi connectivity index (χ2n) is 6.11. The summed E-state index contributed by atoms with van der Waals surface area (Å²) in [6, 6.07) is 20.2. The van der Waals surface area contributed by atoms with E-state index in [2.05, 4.69) is 10.6 Å². The Morgan fingerprint density at radius 3 is 2.56 bits per heavy atom. The molecule has 0 saturated heterocycles. The highest BCUT2D eigenvalue weighted by molar-refractivity contribution is 6.33. The van der Waals surface area contributed by atoms with Crippen molar-refractivity contribution in [2.45, 2.75) is 13.8 Å². The molecule has 0 fully saturated rings. The minimum atomic E-state index is -0.202. The summed E-state index contributed by atoms with van der Waals surface area (Å²) in [6.07, 6.45) is 0.356. The molecule has 2 N–H and O–H groups in total. The molecule has 0 saturated carbocycles. The van der Waals surface area contributed by atoms with Crippen LogP contribution in [0.5, 0.6) is 0 Å². The lowest BCUT2D eigenvalue weighted by Crippen LogP contribution is -2.11. The topological polar surface area (TPSA) is 58.2 Å². The molecule has 0 unspecified atom stereocenters. The van der Waals surface area contributed by atoms with Crippen molar-refractivity contribution in [3.63, 3.8) is 0 Å². The zero-order chi connectivity index (χ0) is 18.1. The van der Waals surface area contributed by atoms with Crippen molar-refractivity contribution < 1.29 is 9.59 Å².